The van der Waals surface area contributed by atoms with Crippen LogP contribution in [0, 0.1) is 5.92 Å². The van der Waals surface area contributed by atoms with E-state index in [1.807, 2.05) is 0 Å². The van der Waals surface area contributed by atoms with Crippen LogP contribution in [0.15, 0.2) is 6.07 Å². The van der Waals surface area contributed by atoms with Crippen molar-refractivity contribution in [3.63, 3.8) is 0 Å². The number of methoxy groups -OCH3 is 1. The number of rotatable bonds is 5. The second-order valence-electron chi connectivity index (χ2n) is 4.49. The number of anilines is 1. The van der Waals surface area contributed by atoms with Crippen LogP contribution in [0.1, 0.15) is 36.0 Å². The fraction of sp³-hybridized carbons (Fsp3) is 0.583. The van der Waals surface area contributed by atoms with Gasteiger partial charge in [0, 0.05) is 12.6 Å². The number of nitrogens with zero attached hydrogens (tertiary/aromatic N) is 2. The summed E-state index contributed by atoms with van der Waals surface area (Å²) >= 11 is 0. The van der Waals surface area contributed by atoms with Crippen molar-refractivity contribution in [3.8, 4) is 5.88 Å². The van der Waals surface area contributed by atoms with Crippen LogP contribution in [-0.4, -0.2) is 34.9 Å². The number of hydrogen-bond donors (Lipinski definition) is 2. The summed E-state index contributed by atoms with van der Waals surface area (Å²) in [6, 6.07) is 1.46. The van der Waals surface area contributed by atoms with E-state index < -0.39 is 5.97 Å². The standard InChI is InChI=1S/C12H17N3O3/c1-18-11-9(12(16)17)6-10(14-15-11)13-7-8-4-2-3-5-8/h6,8H,2-5,7H2,1H3,(H,13,14)(H,16,17). The van der Waals surface area contributed by atoms with Crippen LogP contribution in [0.3, 0.4) is 0 Å². The molecule has 98 valence electrons. The van der Waals surface area contributed by atoms with E-state index in [1.54, 1.807) is 0 Å². The van der Waals surface area contributed by atoms with Gasteiger partial charge in [-0.15, -0.1) is 10.2 Å². The molecule has 0 atom stereocenters. The number of ether oxygens (including phenoxy) is 1. The summed E-state index contributed by atoms with van der Waals surface area (Å²) in [6.07, 6.45) is 5.01. The molecule has 0 saturated heterocycles. The van der Waals surface area contributed by atoms with Crippen molar-refractivity contribution >= 4 is 11.8 Å². The van der Waals surface area contributed by atoms with E-state index in [9.17, 15) is 4.79 Å². The molecule has 2 N–H and O–H groups in total. The molecule has 18 heavy (non-hydrogen) atoms. The molecule has 1 aliphatic carbocycles. The maximum Gasteiger partial charge on any atom is 0.341 e. The SMILES string of the molecule is COc1nnc(NCC2CCCC2)cc1C(=O)O. The lowest BCUT2D eigenvalue weighted by Crippen LogP contribution is -2.13. The Kier molecular flexibility index (Phi) is 3.96. The first-order chi connectivity index (χ1) is 8.70. The van der Waals surface area contributed by atoms with E-state index in [0.717, 1.165) is 6.54 Å². The molecule has 1 heterocycles. The second-order valence-corrected chi connectivity index (χ2v) is 4.49. The van der Waals surface area contributed by atoms with E-state index >= 15 is 0 Å². The fourth-order valence-electron chi connectivity index (χ4n) is 2.23. The maximum atomic E-state index is 11.0. The molecule has 1 aromatic rings. The van der Waals surface area contributed by atoms with Gasteiger partial charge in [0.1, 0.15) is 11.4 Å². The van der Waals surface area contributed by atoms with Gasteiger partial charge in [-0.1, -0.05) is 12.8 Å². The van der Waals surface area contributed by atoms with Gasteiger partial charge in [0.25, 0.3) is 0 Å². The average Bonchev–Trinajstić information content (AvgIpc) is 2.89. The molecule has 0 amide bonds. The number of aromatic nitrogens is 2. The summed E-state index contributed by atoms with van der Waals surface area (Å²) < 4.78 is 4.86. The normalized spacial score (nSPS) is 15.6. The van der Waals surface area contributed by atoms with Gasteiger partial charge in [0.2, 0.25) is 5.88 Å². The molecule has 0 aliphatic heterocycles. The predicted molar refractivity (Wildman–Crippen MR) is 66.0 cm³/mol. The van der Waals surface area contributed by atoms with Crippen molar-refractivity contribution in [1.29, 1.82) is 0 Å². The van der Waals surface area contributed by atoms with Gasteiger partial charge >= 0.3 is 5.97 Å². The molecule has 0 radical (unpaired) electrons. The molecule has 2 rings (SSSR count). The van der Waals surface area contributed by atoms with Gasteiger partial charge in [-0.05, 0) is 18.8 Å². The van der Waals surface area contributed by atoms with E-state index in [4.69, 9.17) is 9.84 Å². The average molecular weight is 251 g/mol. The Morgan fingerprint density at radius 1 is 1.50 bits per heavy atom. The summed E-state index contributed by atoms with van der Waals surface area (Å²) in [5.41, 5.74) is 0.0291. The van der Waals surface area contributed by atoms with Gasteiger partial charge in [0.05, 0.1) is 7.11 Å². The molecule has 6 heteroatoms. The van der Waals surface area contributed by atoms with Crippen molar-refractivity contribution in [3.05, 3.63) is 11.6 Å². The van der Waals surface area contributed by atoms with Gasteiger partial charge in [-0.3, -0.25) is 0 Å². The summed E-state index contributed by atoms with van der Waals surface area (Å²) in [7, 11) is 1.38. The van der Waals surface area contributed by atoms with E-state index in [0.29, 0.717) is 11.7 Å². The highest BCUT2D eigenvalue weighted by Gasteiger charge is 2.17. The van der Waals surface area contributed by atoms with Crippen molar-refractivity contribution in [1.82, 2.24) is 10.2 Å². The molecule has 0 unspecified atom stereocenters. The minimum atomic E-state index is -1.06. The summed E-state index contributed by atoms with van der Waals surface area (Å²) in [5, 5.41) is 19.8. The molecule has 6 nitrogen and oxygen atoms in total. The molecular formula is C12H17N3O3. The third-order valence-electron chi connectivity index (χ3n) is 3.23. The highest BCUT2D eigenvalue weighted by atomic mass is 16.5. The van der Waals surface area contributed by atoms with Crippen LogP contribution in [-0.2, 0) is 0 Å². The Balaban J connectivity index is 2.04. The first-order valence-electron chi connectivity index (χ1n) is 6.09. The number of carbonyl (C=O) groups is 1. The molecule has 1 aliphatic rings. The molecular weight excluding hydrogens is 234 g/mol. The lowest BCUT2D eigenvalue weighted by atomic mass is 10.1. The maximum absolute atomic E-state index is 11.0. The number of hydrogen-bond acceptors (Lipinski definition) is 5. The van der Waals surface area contributed by atoms with Gasteiger partial charge in [-0.2, -0.15) is 0 Å². The third-order valence-corrected chi connectivity index (χ3v) is 3.23. The number of carboxylic acids is 1. The smallest absolute Gasteiger partial charge is 0.341 e. The monoisotopic (exact) mass is 251 g/mol. The van der Waals surface area contributed by atoms with Crippen molar-refractivity contribution < 1.29 is 14.6 Å². The predicted octanol–water partition coefficient (Wildman–Crippen LogP) is 1.79. The zero-order valence-electron chi connectivity index (χ0n) is 10.3. The lowest BCUT2D eigenvalue weighted by Gasteiger charge is -2.11. The number of carboxylic acid groups (broad SMARTS) is 1. The Morgan fingerprint density at radius 2 is 2.22 bits per heavy atom. The minimum absolute atomic E-state index is 0.0291. The van der Waals surface area contributed by atoms with E-state index in [2.05, 4.69) is 15.5 Å². The van der Waals surface area contributed by atoms with E-state index in [-0.39, 0.29) is 11.4 Å². The van der Waals surface area contributed by atoms with Gasteiger partial charge < -0.3 is 15.2 Å². The molecule has 1 aromatic heterocycles. The zero-order valence-corrected chi connectivity index (χ0v) is 10.3. The van der Waals surface area contributed by atoms with Crippen LogP contribution in [0.4, 0.5) is 5.82 Å². The molecule has 1 fully saturated rings. The Labute approximate surface area is 105 Å². The largest absolute Gasteiger partial charge is 0.479 e. The van der Waals surface area contributed by atoms with Gasteiger partial charge in [0.15, 0.2) is 0 Å². The molecule has 0 spiro atoms. The van der Waals surface area contributed by atoms with Crippen LogP contribution in [0.25, 0.3) is 0 Å². The Bertz CT molecular complexity index is 431. The third kappa shape index (κ3) is 2.88. The van der Waals surface area contributed by atoms with Crippen molar-refractivity contribution in [2.24, 2.45) is 5.92 Å². The van der Waals surface area contributed by atoms with Crippen molar-refractivity contribution in [2.75, 3.05) is 19.0 Å². The summed E-state index contributed by atoms with van der Waals surface area (Å²) in [5.74, 6) is 0.113. The van der Waals surface area contributed by atoms with Crippen LogP contribution < -0.4 is 10.1 Å². The van der Waals surface area contributed by atoms with Crippen LogP contribution >= 0.6 is 0 Å². The number of aromatic carboxylic acids is 1. The first kappa shape index (κ1) is 12.6. The topological polar surface area (TPSA) is 84.3 Å². The highest BCUT2D eigenvalue weighted by molar-refractivity contribution is 5.90. The Hall–Kier alpha value is -1.85. The summed E-state index contributed by atoms with van der Waals surface area (Å²) in [6.45, 7) is 0.820. The van der Waals surface area contributed by atoms with Gasteiger partial charge in [-0.25, -0.2) is 4.79 Å². The van der Waals surface area contributed by atoms with Crippen LogP contribution in [0.2, 0.25) is 0 Å². The Morgan fingerprint density at radius 3 is 2.83 bits per heavy atom. The van der Waals surface area contributed by atoms with Crippen LogP contribution in [0.5, 0.6) is 5.88 Å². The van der Waals surface area contributed by atoms with E-state index in [1.165, 1.54) is 38.9 Å². The second kappa shape index (κ2) is 5.66. The minimum Gasteiger partial charge on any atom is -0.479 e. The molecule has 0 aromatic carbocycles. The fourth-order valence-corrected chi connectivity index (χ4v) is 2.23. The zero-order chi connectivity index (χ0) is 13.0. The first-order valence-corrected chi connectivity index (χ1v) is 6.09. The molecule has 0 bridgehead atoms. The van der Waals surface area contributed by atoms with Crippen molar-refractivity contribution in [2.45, 2.75) is 25.7 Å². The highest BCUT2D eigenvalue weighted by Crippen LogP contribution is 2.25. The summed E-state index contributed by atoms with van der Waals surface area (Å²) in [4.78, 5) is 11.0. The number of nitrogens with one attached hydrogen (secondary N) is 1. The lowest BCUT2D eigenvalue weighted by molar-refractivity contribution is 0.0692. The molecule has 1 saturated carbocycles. The quantitative estimate of drug-likeness (QED) is 0.829.